The standard InChI is InChI=1S/C37H47ClN4O7S/c1-40-16-4-3-8-32(48-2)29-12-9-26(29)22-41-23-36(15-5-7-25-19-28(38)11-13-30(25)36)24-49-33-14-10-27(20-31(33)41)37(45,21-34(40)43)35(44)39-50(46,47)42-17-6-18-42/h3,8,10-11,13-14,19-20,26,29,32,45H,4-7,9,12,15-18,21-24H2,1-2H3,(H,39,44)/b8-3-/t26-,29+,32-,36-,37+/m0/s1. The van der Waals surface area contributed by atoms with E-state index in [4.69, 9.17) is 21.1 Å². The van der Waals surface area contributed by atoms with Crippen molar-refractivity contribution in [2.75, 3.05) is 58.4 Å². The van der Waals surface area contributed by atoms with Crippen molar-refractivity contribution in [3.05, 3.63) is 70.3 Å². The third-order valence-electron chi connectivity index (χ3n) is 11.7. The van der Waals surface area contributed by atoms with Crippen LogP contribution in [0.1, 0.15) is 61.6 Å². The van der Waals surface area contributed by atoms with Gasteiger partial charge in [0, 0.05) is 57.3 Å². The van der Waals surface area contributed by atoms with Gasteiger partial charge in [0.2, 0.25) is 5.91 Å². The van der Waals surface area contributed by atoms with Gasteiger partial charge in [0.1, 0.15) is 5.75 Å². The number of fused-ring (bicyclic) bond motifs is 4. The maximum Gasteiger partial charge on any atom is 0.303 e. The number of amides is 2. The monoisotopic (exact) mass is 726 g/mol. The van der Waals surface area contributed by atoms with Crippen molar-refractivity contribution in [2.24, 2.45) is 11.8 Å². The minimum Gasteiger partial charge on any atom is -0.490 e. The third-order valence-corrected chi connectivity index (χ3v) is 13.4. The van der Waals surface area contributed by atoms with E-state index in [-0.39, 0.29) is 30.2 Å². The lowest BCUT2D eigenvalue weighted by molar-refractivity contribution is -0.148. The number of benzene rings is 2. The number of nitrogens with one attached hydrogen (secondary N) is 1. The quantitative estimate of drug-likeness (QED) is 0.454. The number of methoxy groups -OCH3 is 1. The highest BCUT2D eigenvalue weighted by molar-refractivity contribution is 7.87. The van der Waals surface area contributed by atoms with Gasteiger partial charge in [-0.15, -0.1) is 0 Å². The van der Waals surface area contributed by atoms with Crippen LogP contribution in [-0.4, -0.2) is 94.1 Å². The maximum absolute atomic E-state index is 14.0. The first kappa shape index (κ1) is 35.3. The van der Waals surface area contributed by atoms with Crippen LogP contribution in [0.15, 0.2) is 48.6 Å². The van der Waals surface area contributed by atoms with Crippen LogP contribution in [0.2, 0.25) is 5.02 Å². The summed E-state index contributed by atoms with van der Waals surface area (Å²) in [6.07, 6.45) is 9.54. The molecule has 2 aromatic carbocycles. The van der Waals surface area contributed by atoms with Crippen molar-refractivity contribution in [1.82, 2.24) is 13.9 Å². The number of hydrogen-bond donors (Lipinski definition) is 2. The molecular weight excluding hydrogens is 680 g/mol. The second-order valence-corrected chi connectivity index (χ2v) is 16.9. The van der Waals surface area contributed by atoms with Crippen molar-refractivity contribution < 1.29 is 32.6 Å². The Labute approximate surface area is 299 Å². The van der Waals surface area contributed by atoms with Gasteiger partial charge in [-0.25, -0.2) is 4.72 Å². The lowest BCUT2D eigenvalue weighted by Crippen LogP contribution is -2.55. The summed E-state index contributed by atoms with van der Waals surface area (Å²) in [5, 5.41) is 13.0. The van der Waals surface area contributed by atoms with Crippen molar-refractivity contribution in [3.63, 3.8) is 0 Å². The molecule has 270 valence electrons. The predicted octanol–water partition coefficient (Wildman–Crippen LogP) is 3.92. The first-order valence-electron chi connectivity index (χ1n) is 17.7. The first-order chi connectivity index (χ1) is 23.9. The van der Waals surface area contributed by atoms with Gasteiger partial charge in [0.15, 0.2) is 5.60 Å². The zero-order chi connectivity index (χ0) is 35.3. The number of carbonyl (C=O) groups is 2. The summed E-state index contributed by atoms with van der Waals surface area (Å²) >= 11 is 6.45. The van der Waals surface area contributed by atoms with E-state index in [0.717, 1.165) is 36.4 Å². The van der Waals surface area contributed by atoms with E-state index in [0.29, 0.717) is 67.4 Å². The van der Waals surface area contributed by atoms with Crippen LogP contribution >= 0.6 is 11.6 Å². The zero-order valence-electron chi connectivity index (χ0n) is 28.8. The molecule has 1 saturated carbocycles. The van der Waals surface area contributed by atoms with Gasteiger partial charge in [0.05, 0.1) is 24.8 Å². The molecule has 0 unspecified atom stereocenters. The molecule has 2 aromatic rings. The van der Waals surface area contributed by atoms with Gasteiger partial charge >= 0.3 is 10.2 Å². The molecular formula is C37H47ClN4O7S. The summed E-state index contributed by atoms with van der Waals surface area (Å²) in [7, 11) is -0.843. The van der Waals surface area contributed by atoms with Gasteiger partial charge in [-0.3, -0.25) is 9.59 Å². The molecule has 2 amide bonds. The number of aryl methyl sites for hydroxylation is 1. The summed E-state index contributed by atoms with van der Waals surface area (Å²) in [5.41, 5.74) is 0.445. The van der Waals surface area contributed by atoms with Crippen LogP contribution in [0.5, 0.6) is 5.75 Å². The number of halogens is 1. The Morgan fingerprint density at radius 1 is 1.12 bits per heavy atom. The molecule has 1 spiro atoms. The second kappa shape index (κ2) is 13.8. The Bertz CT molecular complexity index is 1780. The fourth-order valence-electron chi connectivity index (χ4n) is 8.39. The number of rotatable bonds is 4. The van der Waals surface area contributed by atoms with Crippen molar-refractivity contribution >= 4 is 39.3 Å². The molecule has 2 N–H and O–H groups in total. The highest BCUT2D eigenvalue weighted by atomic mass is 35.5. The number of nitrogens with zero attached hydrogens (tertiary/aromatic N) is 3. The van der Waals surface area contributed by atoms with Crippen LogP contribution < -0.4 is 14.4 Å². The molecule has 0 aromatic heterocycles. The smallest absolute Gasteiger partial charge is 0.303 e. The fourth-order valence-corrected chi connectivity index (χ4v) is 9.85. The van der Waals surface area contributed by atoms with Gasteiger partial charge in [-0.05, 0) is 97.7 Å². The minimum absolute atomic E-state index is 0.0645. The summed E-state index contributed by atoms with van der Waals surface area (Å²) < 4.78 is 42.0. The van der Waals surface area contributed by atoms with Gasteiger partial charge in [0.25, 0.3) is 5.91 Å². The van der Waals surface area contributed by atoms with Crippen molar-refractivity contribution in [1.29, 1.82) is 0 Å². The zero-order valence-corrected chi connectivity index (χ0v) is 30.3. The summed E-state index contributed by atoms with van der Waals surface area (Å²) in [6, 6.07) is 11.2. The Morgan fingerprint density at radius 3 is 2.66 bits per heavy atom. The molecule has 0 radical (unpaired) electrons. The molecule has 2 fully saturated rings. The Morgan fingerprint density at radius 2 is 1.94 bits per heavy atom. The van der Waals surface area contributed by atoms with E-state index in [9.17, 15) is 23.1 Å². The average Bonchev–Trinajstić information content (AvgIpc) is 3.19. The first-order valence-corrected chi connectivity index (χ1v) is 19.5. The summed E-state index contributed by atoms with van der Waals surface area (Å²) in [5.74, 6) is -0.449. The molecule has 1 saturated heterocycles. The van der Waals surface area contributed by atoms with E-state index < -0.39 is 34.0 Å². The lowest BCUT2D eigenvalue weighted by atomic mass is 9.68. The Balaban J connectivity index is 1.33. The predicted molar refractivity (Wildman–Crippen MR) is 190 cm³/mol. The highest BCUT2D eigenvalue weighted by Crippen LogP contribution is 2.48. The molecule has 3 aliphatic heterocycles. The molecule has 5 atom stereocenters. The largest absolute Gasteiger partial charge is 0.490 e. The topological polar surface area (TPSA) is 129 Å². The van der Waals surface area contributed by atoms with E-state index in [2.05, 4.69) is 27.8 Å². The summed E-state index contributed by atoms with van der Waals surface area (Å²) in [6.45, 7) is 2.67. The van der Waals surface area contributed by atoms with E-state index in [1.165, 1.54) is 16.0 Å². The van der Waals surface area contributed by atoms with Crippen LogP contribution in [0.25, 0.3) is 0 Å². The maximum atomic E-state index is 14.0. The molecule has 50 heavy (non-hydrogen) atoms. The van der Waals surface area contributed by atoms with Gasteiger partial charge in [-0.1, -0.05) is 35.9 Å². The molecule has 2 aliphatic carbocycles. The molecule has 13 heteroatoms. The van der Waals surface area contributed by atoms with Crippen LogP contribution in [0, 0.1) is 11.8 Å². The normalized spacial score (nSPS) is 31.0. The lowest BCUT2D eigenvalue weighted by Gasteiger charge is -2.46. The van der Waals surface area contributed by atoms with E-state index in [1.807, 2.05) is 12.1 Å². The SMILES string of the molecule is CO[C@H]1/C=C\CCN(C)C(=O)C[C@](O)(C(=O)NS(=O)(=O)N2CCC2)c2ccc3c(c2)N(C[C@@H]2CC[C@H]21)C[C@@]1(CCCc2cc(Cl)ccc21)CO3. The van der Waals surface area contributed by atoms with E-state index in [1.54, 1.807) is 32.4 Å². The van der Waals surface area contributed by atoms with Crippen molar-refractivity contribution in [2.45, 2.75) is 68.5 Å². The average molecular weight is 727 g/mol. The van der Waals surface area contributed by atoms with Crippen LogP contribution in [0.4, 0.5) is 5.69 Å². The minimum atomic E-state index is -4.20. The van der Waals surface area contributed by atoms with Crippen molar-refractivity contribution in [3.8, 4) is 5.75 Å². The Hall–Kier alpha value is -3.16. The molecule has 3 heterocycles. The number of anilines is 1. The molecule has 5 aliphatic rings. The fraction of sp³-hybridized carbons (Fsp3) is 0.568. The summed E-state index contributed by atoms with van der Waals surface area (Å²) in [4.78, 5) is 31.4. The number of ether oxygens (including phenoxy) is 2. The third kappa shape index (κ3) is 6.53. The number of hydrogen-bond acceptors (Lipinski definition) is 8. The molecule has 7 rings (SSSR count). The number of aliphatic hydroxyl groups is 1. The van der Waals surface area contributed by atoms with Crippen LogP contribution in [-0.2, 0) is 42.0 Å². The van der Waals surface area contributed by atoms with Crippen LogP contribution in [0.3, 0.4) is 0 Å². The molecule has 2 bridgehead atoms. The second-order valence-electron chi connectivity index (χ2n) is 14.7. The van der Waals surface area contributed by atoms with Gasteiger partial charge in [-0.2, -0.15) is 12.7 Å². The highest BCUT2D eigenvalue weighted by Gasteiger charge is 2.47. The molecule has 11 nitrogen and oxygen atoms in total. The van der Waals surface area contributed by atoms with E-state index >= 15 is 0 Å². The number of carbonyl (C=O) groups excluding carboxylic acids is 2. The Kier molecular flexibility index (Phi) is 9.70. The van der Waals surface area contributed by atoms with Gasteiger partial charge < -0.3 is 24.4 Å².